The van der Waals surface area contributed by atoms with Gasteiger partial charge in [0.2, 0.25) is 5.91 Å². The molecule has 0 unspecified atom stereocenters. The van der Waals surface area contributed by atoms with Crippen LogP contribution in [0.25, 0.3) is 10.9 Å². The van der Waals surface area contributed by atoms with E-state index in [1.165, 1.54) is 31.0 Å². The van der Waals surface area contributed by atoms with Crippen molar-refractivity contribution < 1.29 is 19.2 Å². The van der Waals surface area contributed by atoms with Gasteiger partial charge in [-0.25, -0.2) is 9.78 Å². The number of hydrogen-bond donors (Lipinski definition) is 2. The smallest absolute Gasteiger partial charge is 0.331 e. The molecular formula is C24H29N7O4S. The van der Waals surface area contributed by atoms with Crippen molar-refractivity contribution in [1.29, 1.82) is 0 Å². The lowest BCUT2D eigenvalue weighted by atomic mass is 9.85. The topological polar surface area (TPSA) is 132 Å². The van der Waals surface area contributed by atoms with Crippen LogP contribution in [0.5, 0.6) is 0 Å². The third-order valence-corrected chi connectivity index (χ3v) is 7.03. The number of amides is 5. The van der Waals surface area contributed by atoms with Crippen LogP contribution in [-0.4, -0.2) is 81.0 Å². The maximum atomic E-state index is 13.2. The van der Waals surface area contributed by atoms with Gasteiger partial charge < -0.3 is 10.2 Å². The molecule has 2 aliphatic heterocycles. The average Bonchev–Trinajstić information content (AvgIpc) is 3.62. The first-order chi connectivity index (χ1) is 17.3. The molecule has 190 valence electrons. The molecule has 2 aromatic heterocycles. The first-order valence-corrected chi connectivity index (χ1v) is 12.7. The van der Waals surface area contributed by atoms with Crippen molar-refractivity contribution in [2.45, 2.75) is 38.6 Å². The summed E-state index contributed by atoms with van der Waals surface area (Å²) < 4.78 is 0. The summed E-state index contributed by atoms with van der Waals surface area (Å²) in [6.45, 7) is 4.69. The van der Waals surface area contributed by atoms with Crippen LogP contribution < -0.4 is 10.2 Å². The zero-order valence-corrected chi connectivity index (χ0v) is 21.3. The number of fused-ring (bicyclic) bond motifs is 1. The molecule has 1 spiro atoms. The molecule has 36 heavy (non-hydrogen) atoms. The fraction of sp³-hybridized carbons (Fsp3) is 0.417. The van der Waals surface area contributed by atoms with Crippen molar-refractivity contribution in [1.82, 2.24) is 30.3 Å². The maximum Gasteiger partial charge on any atom is 0.331 e. The summed E-state index contributed by atoms with van der Waals surface area (Å²) in [6, 6.07) is 5.05. The molecule has 5 rings (SSSR count). The van der Waals surface area contributed by atoms with E-state index in [9.17, 15) is 19.2 Å². The van der Waals surface area contributed by atoms with Gasteiger partial charge in [0.15, 0.2) is 5.01 Å². The van der Waals surface area contributed by atoms with E-state index < -0.39 is 17.5 Å². The number of rotatable bonds is 4. The highest BCUT2D eigenvalue weighted by molar-refractivity contribution is 7.11. The molecule has 2 aliphatic rings. The summed E-state index contributed by atoms with van der Waals surface area (Å²) >= 11 is 1.20. The van der Waals surface area contributed by atoms with Crippen LogP contribution in [0.15, 0.2) is 36.0 Å². The Morgan fingerprint density at radius 3 is 2.58 bits per heavy atom. The van der Waals surface area contributed by atoms with E-state index in [0.29, 0.717) is 36.6 Å². The highest BCUT2D eigenvalue weighted by Crippen LogP contribution is 2.40. The number of carbonyl (C=O) groups is 4. The first kappa shape index (κ1) is 25.3. The lowest BCUT2D eigenvalue weighted by molar-refractivity contribution is -0.136. The van der Waals surface area contributed by atoms with Crippen LogP contribution in [-0.2, 0) is 9.59 Å². The number of piperidine rings is 1. The number of likely N-dealkylation sites (N-methyl/N-ethyl adjacent to an activating group) is 1. The number of aromatic nitrogens is 3. The summed E-state index contributed by atoms with van der Waals surface area (Å²) in [5, 5.41) is 12.3. The summed E-state index contributed by atoms with van der Waals surface area (Å²) in [6.07, 6.45) is 5.05. The first-order valence-electron chi connectivity index (χ1n) is 11.8. The van der Waals surface area contributed by atoms with Crippen LogP contribution in [0, 0.1) is 0 Å². The SMILES string of the molecule is CCC.CN1C(=O)N(c2ccc3[nH]ncc3c2)C2(CCN(C(=O)CNC(=O)c3nccs3)CC2)C1=O. The number of nitrogens with zero attached hydrogens (tertiary/aromatic N) is 5. The van der Waals surface area contributed by atoms with Crippen molar-refractivity contribution in [3.8, 4) is 0 Å². The Balaban J connectivity index is 0.000000967. The fourth-order valence-electron chi connectivity index (χ4n) is 4.50. The van der Waals surface area contributed by atoms with E-state index in [0.717, 1.165) is 15.8 Å². The predicted octanol–water partition coefficient (Wildman–Crippen LogP) is 2.63. The van der Waals surface area contributed by atoms with Crippen LogP contribution in [0.1, 0.15) is 42.9 Å². The van der Waals surface area contributed by atoms with Crippen LogP contribution in [0.2, 0.25) is 0 Å². The lowest BCUT2D eigenvalue weighted by Gasteiger charge is -2.42. The van der Waals surface area contributed by atoms with E-state index in [4.69, 9.17) is 0 Å². The van der Waals surface area contributed by atoms with Gasteiger partial charge in [0, 0.05) is 42.8 Å². The highest BCUT2D eigenvalue weighted by Gasteiger charge is 2.57. The van der Waals surface area contributed by atoms with Gasteiger partial charge in [-0.3, -0.25) is 29.3 Å². The van der Waals surface area contributed by atoms with Gasteiger partial charge in [0.25, 0.3) is 11.8 Å². The third kappa shape index (κ3) is 4.55. The van der Waals surface area contributed by atoms with Crippen LogP contribution in [0.3, 0.4) is 0 Å². The quantitative estimate of drug-likeness (QED) is 0.518. The van der Waals surface area contributed by atoms with Crippen molar-refractivity contribution in [2.24, 2.45) is 0 Å². The van der Waals surface area contributed by atoms with Gasteiger partial charge in [-0.1, -0.05) is 20.3 Å². The Morgan fingerprint density at radius 2 is 1.92 bits per heavy atom. The number of anilines is 1. The monoisotopic (exact) mass is 511 g/mol. The largest absolute Gasteiger partial charge is 0.341 e. The number of aromatic amines is 1. The molecule has 0 bridgehead atoms. The number of likely N-dealkylation sites (tertiary alicyclic amines) is 1. The van der Waals surface area contributed by atoms with Crippen molar-refractivity contribution in [3.63, 3.8) is 0 Å². The zero-order valence-electron chi connectivity index (χ0n) is 20.5. The second kappa shape index (κ2) is 10.4. The Labute approximate surface area is 212 Å². The highest BCUT2D eigenvalue weighted by atomic mass is 32.1. The number of benzene rings is 1. The minimum Gasteiger partial charge on any atom is -0.341 e. The number of urea groups is 1. The minimum absolute atomic E-state index is 0.154. The number of thiazole rings is 1. The molecule has 12 heteroatoms. The molecule has 0 aliphatic carbocycles. The molecule has 2 saturated heterocycles. The van der Waals surface area contributed by atoms with Crippen molar-refractivity contribution in [2.75, 3.05) is 31.6 Å². The van der Waals surface area contributed by atoms with Gasteiger partial charge in [-0.05, 0) is 31.0 Å². The minimum atomic E-state index is -1.05. The van der Waals surface area contributed by atoms with Crippen molar-refractivity contribution >= 4 is 51.7 Å². The standard InChI is InChI=1S/C21H21N7O4S.C3H8/c1-26-19(31)21(28(20(26)32)14-2-3-15-13(10-14)11-24-25-15)4-7-27(8-5-21)16(29)12-23-17(30)18-22-6-9-33-18;1-3-2/h2-3,6,9-11H,4-5,7-8,12H2,1H3,(H,23,30)(H,24,25);3H2,1-2H3. The number of nitrogens with one attached hydrogen (secondary N) is 2. The summed E-state index contributed by atoms with van der Waals surface area (Å²) in [4.78, 5) is 59.2. The average molecular weight is 512 g/mol. The maximum absolute atomic E-state index is 13.2. The molecule has 11 nitrogen and oxygen atoms in total. The van der Waals surface area contributed by atoms with Gasteiger partial charge >= 0.3 is 6.03 Å². The molecule has 5 amide bonds. The fourth-order valence-corrected chi connectivity index (χ4v) is 5.05. The van der Waals surface area contributed by atoms with E-state index >= 15 is 0 Å². The van der Waals surface area contributed by atoms with Crippen LogP contribution >= 0.6 is 11.3 Å². The zero-order chi connectivity index (χ0) is 25.9. The molecule has 1 aromatic carbocycles. The van der Waals surface area contributed by atoms with Gasteiger partial charge in [0.1, 0.15) is 5.54 Å². The van der Waals surface area contributed by atoms with E-state index in [2.05, 4.69) is 34.3 Å². The van der Waals surface area contributed by atoms with Gasteiger partial charge in [-0.2, -0.15) is 5.10 Å². The van der Waals surface area contributed by atoms with E-state index in [1.54, 1.807) is 27.4 Å². The van der Waals surface area contributed by atoms with E-state index in [-0.39, 0.29) is 18.4 Å². The molecule has 0 saturated carbocycles. The molecule has 0 atom stereocenters. The normalized spacial score (nSPS) is 16.9. The lowest BCUT2D eigenvalue weighted by Crippen LogP contribution is -2.58. The Kier molecular flexibility index (Phi) is 7.34. The number of imide groups is 1. The number of hydrogen-bond acceptors (Lipinski definition) is 7. The Bertz CT molecular complexity index is 1260. The van der Waals surface area contributed by atoms with Gasteiger partial charge in [-0.15, -0.1) is 11.3 Å². The molecule has 3 aromatic rings. The molecule has 2 fully saturated rings. The predicted molar refractivity (Wildman–Crippen MR) is 136 cm³/mol. The van der Waals surface area contributed by atoms with E-state index in [1.807, 2.05) is 12.1 Å². The Morgan fingerprint density at radius 1 is 1.19 bits per heavy atom. The molecular weight excluding hydrogens is 482 g/mol. The molecule has 2 N–H and O–H groups in total. The second-order valence-electron chi connectivity index (χ2n) is 8.76. The number of H-pyrrole nitrogens is 1. The van der Waals surface area contributed by atoms with Gasteiger partial charge in [0.05, 0.1) is 18.3 Å². The van der Waals surface area contributed by atoms with Crippen molar-refractivity contribution in [3.05, 3.63) is 41.0 Å². The third-order valence-electron chi connectivity index (χ3n) is 6.26. The summed E-state index contributed by atoms with van der Waals surface area (Å²) in [5.74, 6) is -0.916. The number of carbonyl (C=O) groups excluding carboxylic acids is 4. The molecule has 4 heterocycles. The Hall–Kier alpha value is -3.80. The summed E-state index contributed by atoms with van der Waals surface area (Å²) in [5.41, 5.74) is 0.394. The molecule has 0 radical (unpaired) electrons. The van der Waals surface area contributed by atoms with Crippen LogP contribution in [0.4, 0.5) is 10.5 Å². The second-order valence-corrected chi connectivity index (χ2v) is 9.66. The summed E-state index contributed by atoms with van der Waals surface area (Å²) in [7, 11) is 1.48.